The molecule has 1 rings (SSSR count). The van der Waals surface area contributed by atoms with E-state index in [0.717, 1.165) is 37.3 Å². The highest BCUT2D eigenvalue weighted by molar-refractivity contribution is 5.31. The van der Waals surface area contributed by atoms with Gasteiger partial charge in [-0.25, -0.2) is 4.39 Å². The standard InChI is InChI=1S/C17H28FNO/c1-5-11-19-16(8-6-7-13(2)3)14-9-10-17(20-4)15(18)12-14/h9-10,12-13,16,19H,5-8,11H2,1-4H3. The second-order valence-corrected chi connectivity index (χ2v) is 5.73. The van der Waals surface area contributed by atoms with Crippen molar-refractivity contribution in [1.29, 1.82) is 0 Å². The van der Waals surface area contributed by atoms with Crippen LogP contribution >= 0.6 is 0 Å². The van der Waals surface area contributed by atoms with Crippen molar-refractivity contribution in [1.82, 2.24) is 5.32 Å². The maximum Gasteiger partial charge on any atom is 0.165 e. The summed E-state index contributed by atoms with van der Waals surface area (Å²) in [6, 6.07) is 5.51. The van der Waals surface area contributed by atoms with Gasteiger partial charge in [0.05, 0.1) is 7.11 Å². The molecule has 0 radical (unpaired) electrons. The Bertz CT molecular complexity index is 393. The Labute approximate surface area is 122 Å². The van der Waals surface area contributed by atoms with Crippen LogP contribution in [0.2, 0.25) is 0 Å². The van der Waals surface area contributed by atoms with Crippen molar-refractivity contribution in [3.8, 4) is 5.75 Å². The third kappa shape index (κ3) is 5.49. The fraction of sp³-hybridized carbons (Fsp3) is 0.647. The average Bonchev–Trinajstić information content (AvgIpc) is 2.42. The molecule has 1 aromatic rings. The molecule has 3 heteroatoms. The summed E-state index contributed by atoms with van der Waals surface area (Å²) in [5.41, 5.74) is 1.01. The lowest BCUT2D eigenvalue weighted by molar-refractivity contribution is 0.384. The fourth-order valence-corrected chi connectivity index (χ4v) is 2.33. The van der Waals surface area contributed by atoms with E-state index in [1.54, 1.807) is 12.1 Å². The van der Waals surface area contributed by atoms with Crippen LogP contribution in [0.3, 0.4) is 0 Å². The van der Waals surface area contributed by atoms with Gasteiger partial charge in [0.1, 0.15) is 0 Å². The summed E-state index contributed by atoms with van der Waals surface area (Å²) in [5.74, 6) is 0.747. The molecule has 2 nitrogen and oxygen atoms in total. The predicted octanol–water partition coefficient (Wildman–Crippen LogP) is 4.70. The normalized spacial score (nSPS) is 12.7. The van der Waals surface area contributed by atoms with Gasteiger partial charge in [0.25, 0.3) is 0 Å². The van der Waals surface area contributed by atoms with E-state index in [4.69, 9.17) is 4.74 Å². The molecule has 0 aromatic heterocycles. The van der Waals surface area contributed by atoms with Crippen LogP contribution in [-0.4, -0.2) is 13.7 Å². The summed E-state index contributed by atoms with van der Waals surface area (Å²) in [5, 5.41) is 3.52. The van der Waals surface area contributed by atoms with Crippen molar-refractivity contribution >= 4 is 0 Å². The van der Waals surface area contributed by atoms with Crippen LogP contribution in [-0.2, 0) is 0 Å². The number of ether oxygens (including phenoxy) is 1. The molecular weight excluding hydrogens is 253 g/mol. The molecule has 0 aliphatic rings. The van der Waals surface area contributed by atoms with E-state index >= 15 is 0 Å². The first-order valence-electron chi connectivity index (χ1n) is 7.65. The molecule has 20 heavy (non-hydrogen) atoms. The van der Waals surface area contributed by atoms with Crippen LogP contribution in [0.15, 0.2) is 18.2 Å². The highest BCUT2D eigenvalue weighted by Gasteiger charge is 2.13. The van der Waals surface area contributed by atoms with Gasteiger partial charge in [0.2, 0.25) is 0 Å². The number of rotatable bonds is 9. The lowest BCUT2D eigenvalue weighted by Gasteiger charge is -2.20. The van der Waals surface area contributed by atoms with Crippen LogP contribution in [0.5, 0.6) is 5.75 Å². The van der Waals surface area contributed by atoms with Crippen LogP contribution in [0.25, 0.3) is 0 Å². The zero-order valence-electron chi connectivity index (χ0n) is 13.2. The van der Waals surface area contributed by atoms with Crippen molar-refractivity contribution < 1.29 is 9.13 Å². The smallest absolute Gasteiger partial charge is 0.165 e. The lowest BCUT2D eigenvalue weighted by atomic mass is 9.97. The highest BCUT2D eigenvalue weighted by Crippen LogP contribution is 2.25. The Kier molecular flexibility index (Phi) is 7.60. The molecule has 0 aliphatic carbocycles. The number of hydrogen-bond acceptors (Lipinski definition) is 2. The van der Waals surface area contributed by atoms with Crippen LogP contribution < -0.4 is 10.1 Å². The van der Waals surface area contributed by atoms with E-state index < -0.39 is 0 Å². The fourth-order valence-electron chi connectivity index (χ4n) is 2.33. The molecule has 1 N–H and O–H groups in total. The first-order valence-corrected chi connectivity index (χ1v) is 7.65. The van der Waals surface area contributed by atoms with Crippen LogP contribution in [0, 0.1) is 11.7 Å². The van der Waals surface area contributed by atoms with Crippen molar-refractivity contribution in [2.45, 2.75) is 52.5 Å². The first kappa shape index (κ1) is 17.0. The van der Waals surface area contributed by atoms with Gasteiger partial charge in [0, 0.05) is 6.04 Å². The minimum absolute atomic E-state index is 0.231. The topological polar surface area (TPSA) is 21.3 Å². The number of halogens is 1. The maximum atomic E-state index is 13.8. The Morgan fingerprint density at radius 1 is 1.25 bits per heavy atom. The molecule has 0 saturated heterocycles. The average molecular weight is 281 g/mol. The van der Waals surface area contributed by atoms with E-state index in [0.29, 0.717) is 5.75 Å². The number of nitrogens with one attached hydrogen (secondary N) is 1. The van der Waals surface area contributed by atoms with Gasteiger partial charge in [-0.2, -0.15) is 0 Å². The summed E-state index contributed by atoms with van der Waals surface area (Å²) >= 11 is 0. The zero-order valence-corrected chi connectivity index (χ0v) is 13.2. The van der Waals surface area contributed by atoms with Gasteiger partial charge in [-0.1, -0.05) is 39.7 Å². The lowest BCUT2D eigenvalue weighted by Crippen LogP contribution is -2.22. The number of hydrogen-bond donors (Lipinski definition) is 1. The van der Waals surface area contributed by atoms with E-state index in [9.17, 15) is 4.39 Å². The monoisotopic (exact) mass is 281 g/mol. The summed E-state index contributed by atoms with van der Waals surface area (Å²) in [6.45, 7) is 7.58. The third-order valence-electron chi connectivity index (χ3n) is 3.49. The Balaban J connectivity index is 2.72. The van der Waals surface area contributed by atoms with Crippen molar-refractivity contribution in [2.75, 3.05) is 13.7 Å². The molecule has 0 saturated carbocycles. The quantitative estimate of drug-likeness (QED) is 0.708. The molecule has 1 atom stereocenters. The van der Waals surface area contributed by atoms with E-state index in [-0.39, 0.29) is 11.9 Å². The molecule has 1 unspecified atom stereocenters. The van der Waals surface area contributed by atoms with Crippen LogP contribution in [0.1, 0.15) is 58.1 Å². The van der Waals surface area contributed by atoms with Crippen molar-refractivity contribution in [2.24, 2.45) is 5.92 Å². The SMILES string of the molecule is CCCNC(CCCC(C)C)c1ccc(OC)c(F)c1. The summed E-state index contributed by atoms with van der Waals surface area (Å²) in [7, 11) is 1.49. The summed E-state index contributed by atoms with van der Waals surface area (Å²) in [6.07, 6.45) is 4.50. The second-order valence-electron chi connectivity index (χ2n) is 5.73. The zero-order chi connectivity index (χ0) is 15.0. The van der Waals surface area contributed by atoms with Gasteiger partial charge in [-0.15, -0.1) is 0 Å². The molecule has 0 heterocycles. The van der Waals surface area contributed by atoms with Gasteiger partial charge in [-0.05, 0) is 43.0 Å². The molecular formula is C17H28FNO. The molecule has 114 valence electrons. The molecule has 0 bridgehead atoms. The van der Waals surface area contributed by atoms with Gasteiger partial charge >= 0.3 is 0 Å². The van der Waals surface area contributed by atoms with Gasteiger partial charge in [-0.3, -0.25) is 0 Å². The number of benzene rings is 1. The largest absolute Gasteiger partial charge is 0.494 e. The Hall–Kier alpha value is -1.09. The van der Waals surface area contributed by atoms with Gasteiger partial charge < -0.3 is 10.1 Å². The third-order valence-corrected chi connectivity index (χ3v) is 3.49. The van der Waals surface area contributed by atoms with Crippen molar-refractivity contribution in [3.63, 3.8) is 0 Å². The molecule has 0 aliphatic heterocycles. The van der Waals surface area contributed by atoms with Gasteiger partial charge in [0.15, 0.2) is 11.6 Å². The summed E-state index contributed by atoms with van der Waals surface area (Å²) in [4.78, 5) is 0. The van der Waals surface area contributed by atoms with Crippen molar-refractivity contribution in [3.05, 3.63) is 29.6 Å². The van der Waals surface area contributed by atoms with E-state index in [1.165, 1.54) is 13.5 Å². The molecule has 0 amide bonds. The molecule has 1 aromatic carbocycles. The highest BCUT2D eigenvalue weighted by atomic mass is 19.1. The minimum Gasteiger partial charge on any atom is -0.494 e. The van der Waals surface area contributed by atoms with Crippen LogP contribution in [0.4, 0.5) is 4.39 Å². The Morgan fingerprint density at radius 3 is 2.55 bits per heavy atom. The first-order chi connectivity index (χ1) is 9.58. The van der Waals surface area contributed by atoms with E-state index in [1.807, 2.05) is 6.07 Å². The molecule has 0 fully saturated rings. The maximum absolute atomic E-state index is 13.8. The van der Waals surface area contributed by atoms with E-state index in [2.05, 4.69) is 26.1 Å². The number of methoxy groups -OCH3 is 1. The Morgan fingerprint density at radius 2 is 2.00 bits per heavy atom. The summed E-state index contributed by atoms with van der Waals surface area (Å²) < 4.78 is 18.8. The predicted molar refractivity (Wildman–Crippen MR) is 82.7 cm³/mol. The second kappa shape index (κ2) is 8.96. The molecule has 0 spiro atoms. The minimum atomic E-state index is -0.280.